The lowest BCUT2D eigenvalue weighted by Gasteiger charge is -2.08. The van der Waals surface area contributed by atoms with Crippen molar-refractivity contribution in [2.75, 3.05) is 12.4 Å². The molecule has 152 valence electrons. The van der Waals surface area contributed by atoms with Gasteiger partial charge in [-0.05, 0) is 41.5 Å². The largest absolute Gasteiger partial charge is 0.466 e. The highest BCUT2D eigenvalue weighted by Crippen LogP contribution is 2.31. The second-order valence-electron chi connectivity index (χ2n) is 6.83. The molecule has 1 aliphatic carbocycles. The second kappa shape index (κ2) is 8.20. The summed E-state index contributed by atoms with van der Waals surface area (Å²) in [5.41, 5.74) is 2.92. The summed E-state index contributed by atoms with van der Waals surface area (Å²) in [7, 11) is 1.35. The van der Waals surface area contributed by atoms with E-state index in [2.05, 4.69) is 10.3 Å². The molecular formula is C23H18F2N2O2S. The summed E-state index contributed by atoms with van der Waals surface area (Å²) < 4.78 is 33.6. The third-order valence-electron chi connectivity index (χ3n) is 4.81. The van der Waals surface area contributed by atoms with Crippen LogP contribution in [0.25, 0.3) is 15.8 Å². The number of ether oxygens (including phenoxy) is 1. The highest BCUT2D eigenvalue weighted by atomic mass is 32.1. The number of fused-ring (bicyclic) bond motifs is 1. The van der Waals surface area contributed by atoms with Gasteiger partial charge in [-0.2, -0.15) is 0 Å². The van der Waals surface area contributed by atoms with Gasteiger partial charge in [-0.3, -0.25) is 0 Å². The number of halogens is 2. The number of hydrogen-bond acceptors (Lipinski definition) is 5. The Bertz CT molecular complexity index is 1230. The number of anilines is 2. The fourth-order valence-corrected chi connectivity index (χ4v) is 4.07. The molecule has 2 aromatic carbocycles. The average Bonchev–Trinajstić information content (AvgIpc) is 3.02. The van der Waals surface area contributed by atoms with E-state index >= 15 is 0 Å². The van der Waals surface area contributed by atoms with Crippen LogP contribution in [0.3, 0.4) is 0 Å². The Morgan fingerprint density at radius 2 is 2.00 bits per heavy atom. The lowest BCUT2D eigenvalue weighted by Crippen LogP contribution is -2.10. The van der Waals surface area contributed by atoms with E-state index < -0.39 is 5.82 Å². The predicted molar refractivity (Wildman–Crippen MR) is 116 cm³/mol. The highest BCUT2D eigenvalue weighted by Gasteiger charge is 2.17. The standard InChI is InChI=1S/C23H18F2N2O2S/c1-13-3-4-14(5-8-17(13)22(28)29-2)15-6-9-19(18(25)11-15)26-23-27-20-10-7-16(24)12-21(20)30-23/h3-13H,1-2H3,(H,26,27). The van der Waals surface area contributed by atoms with E-state index in [0.717, 1.165) is 5.57 Å². The molecule has 4 rings (SSSR count). The molecule has 0 saturated heterocycles. The Labute approximate surface area is 176 Å². The van der Waals surface area contributed by atoms with Crippen LogP contribution in [0.2, 0.25) is 0 Å². The van der Waals surface area contributed by atoms with Crippen LogP contribution in [0.5, 0.6) is 0 Å². The predicted octanol–water partition coefficient (Wildman–Crippen LogP) is 6.01. The number of aromatic nitrogens is 1. The zero-order valence-corrected chi connectivity index (χ0v) is 17.1. The van der Waals surface area contributed by atoms with Crippen molar-refractivity contribution in [3.05, 3.63) is 83.5 Å². The minimum Gasteiger partial charge on any atom is -0.466 e. The number of nitrogens with one attached hydrogen (secondary N) is 1. The van der Waals surface area contributed by atoms with E-state index in [1.54, 1.807) is 30.4 Å². The summed E-state index contributed by atoms with van der Waals surface area (Å²) >= 11 is 1.25. The van der Waals surface area contributed by atoms with E-state index in [-0.39, 0.29) is 23.4 Å². The van der Waals surface area contributed by atoms with Crippen molar-refractivity contribution in [1.82, 2.24) is 4.98 Å². The molecule has 0 spiro atoms. The number of methoxy groups -OCH3 is 1. The normalized spacial score (nSPS) is 16.1. The van der Waals surface area contributed by atoms with Gasteiger partial charge in [-0.1, -0.05) is 48.6 Å². The number of esters is 1. The van der Waals surface area contributed by atoms with Gasteiger partial charge in [0, 0.05) is 11.5 Å². The maximum atomic E-state index is 14.8. The summed E-state index contributed by atoms with van der Waals surface area (Å²) in [5, 5.41) is 3.44. The van der Waals surface area contributed by atoms with E-state index in [4.69, 9.17) is 4.74 Å². The molecule has 0 saturated carbocycles. The Kier molecular flexibility index (Phi) is 5.46. The molecule has 30 heavy (non-hydrogen) atoms. The van der Waals surface area contributed by atoms with E-state index in [1.165, 1.54) is 36.6 Å². The lowest BCUT2D eigenvalue weighted by atomic mass is 10.0. The van der Waals surface area contributed by atoms with Gasteiger partial charge in [0.25, 0.3) is 0 Å². The Morgan fingerprint density at radius 3 is 2.77 bits per heavy atom. The number of nitrogens with zero attached hydrogens (tertiary/aromatic N) is 1. The van der Waals surface area contributed by atoms with Crippen molar-refractivity contribution >= 4 is 43.9 Å². The molecule has 4 nitrogen and oxygen atoms in total. The van der Waals surface area contributed by atoms with Crippen molar-refractivity contribution in [3.63, 3.8) is 0 Å². The van der Waals surface area contributed by atoms with E-state index in [1.807, 2.05) is 19.1 Å². The van der Waals surface area contributed by atoms with Gasteiger partial charge in [0.05, 0.1) is 23.0 Å². The number of hydrogen-bond donors (Lipinski definition) is 1. The zero-order valence-electron chi connectivity index (χ0n) is 16.3. The average molecular weight is 424 g/mol. The van der Waals surface area contributed by atoms with Crippen LogP contribution >= 0.6 is 11.3 Å². The van der Waals surface area contributed by atoms with Crippen LogP contribution in [-0.2, 0) is 9.53 Å². The maximum absolute atomic E-state index is 14.8. The molecule has 1 aliphatic rings. The maximum Gasteiger partial charge on any atom is 0.334 e. The van der Waals surface area contributed by atoms with Crippen molar-refractivity contribution in [3.8, 4) is 0 Å². The summed E-state index contributed by atoms with van der Waals surface area (Å²) in [6, 6.07) is 9.18. The molecule has 3 aromatic rings. The second-order valence-corrected chi connectivity index (χ2v) is 7.86. The van der Waals surface area contributed by atoms with Gasteiger partial charge in [0.15, 0.2) is 5.13 Å². The molecule has 1 heterocycles. The Balaban J connectivity index is 1.59. The molecule has 0 aliphatic heterocycles. The van der Waals surface area contributed by atoms with E-state index in [9.17, 15) is 13.6 Å². The first-order valence-electron chi connectivity index (χ1n) is 9.26. The molecule has 0 amide bonds. The van der Waals surface area contributed by atoms with Gasteiger partial charge < -0.3 is 10.1 Å². The van der Waals surface area contributed by atoms with Gasteiger partial charge in [0.2, 0.25) is 0 Å². The zero-order chi connectivity index (χ0) is 21.3. The Hall–Kier alpha value is -3.32. The van der Waals surface area contributed by atoms with Crippen LogP contribution in [0.15, 0.2) is 66.3 Å². The molecule has 0 bridgehead atoms. The van der Waals surface area contributed by atoms with Crippen LogP contribution in [-0.4, -0.2) is 18.1 Å². The van der Waals surface area contributed by atoms with Crippen molar-refractivity contribution in [2.45, 2.75) is 6.92 Å². The van der Waals surface area contributed by atoms with Gasteiger partial charge >= 0.3 is 5.97 Å². The molecule has 1 atom stereocenters. The lowest BCUT2D eigenvalue weighted by molar-refractivity contribution is -0.136. The number of thiazole rings is 1. The quantitative estimate of drug-likeness (QED) is 0.522. The highest BCUT2D eigenvalue weighted by molar-refractivity contribution is 7.22. The van der Waals surface area contributed by atoms with Crippen molar-refractivity contribution in [2.24, 2.45) is 5.92 Å². The van der Waals surface area contributed by atoms with Gasteiger partial charge in [-0.25, -0.2) is 18.6 Å². The summed E-state index contributed by atoms with van der Waals surface area (Å²) in [6.07, 6.45) is 7.22. The van der Waals surface area contributed by atoms with Crippen LogP contribution in [0.4, 0.5) is 19.6 Å². The molecule has 0 fully saturated rings. The molecule has 1 unspecified atom stereocenters. The number of rotatable bonds is 4. The first kappa shape index (κ1) is 20.0. The minimum atomic E-state index is -0.443. The summed E-state index contributed by atoms with van der Waals surface area (Å²) in [6.45, 7) is 1.90. The number of allylic oxidation sites excluding steroid dienone is 5. The fraction of sp³-hybridized carbons (Fsp3) is 0.130. The molecule has 7 heteroatoms. The third-order valence-corrected chi connectivity index (χ3v) is 5.75. The molecule has 1 N–H and O–H groups in total. The monoisotopic (exact) mass is 424 g/mol. The van der Waals surface area contributed by atoms with Crippen molar-refractivity contribution < 1.29 is 18.3 Å². The van der Waals surface area contributed by atoms with Gasteiger partial charge in [0.1, 0.15) is 11.6 Å². The smallest absolute Gasteiger partial charge is 0.334 e. The van der Waals surface area contributed by atoms with Crippen LogP contribution in [0, 0.1) is 17.6 Å². The van der Waals surface area contributed by atoms with Gasteiger partial charge in [-0.15, -0.1) is 0 Å². The third kappa shape index (κ3) is 4.02. The molecule has 0 radical (unpaired) electrons. The van der Waals surface area contributed by atoms with E-state index in [0.29, 0.717) is 26.5 Å². The first-order chi connectivity index (χ1) is 14.4. The summed E-state index contributed by atoms with van der Waals surface area (Å²) in [4.78, 5) is 16.2. The topological polar surface area (TPSA) is 51.2 Å². The SMILES string of the molecule is COC(=O)C1=CC=C(c2ccc(Nc3nc4ccc(F)cc4s3)c(F)c2)C=CC1C. The minimum absolute atomic E-state index is 0.110. The first-order valence-corrected chi connectivity index (χ1v) is 10.1. The fourth-order valence-electron chi connectivity index (χ4n) is 3.17. The number of carbonyl (C=O) groups excluding carboxylic acids is 1. The summed E-state index contributed by atoms with van der Waals surface area (Å²) in [5.74, 6) is -1.27. The molecular weight excluding hydrogens is 406 g/mol. The number of carbonyl (C=O) groups is 1. The molecule has 1 aromatic heterocycles. The Morgan fingerprint density at radius 1 is 1.17 bits per heavy atom. The van der Waals surface area contributed by atoms with Crippen LogP contribution < -0.4 is 5.32 Å². The van der Waals surface area contributed by atoms with Crippen molar-refractivity contribution in [1.29, 1.82) is 0 Å². The van der Waals surface area contributed by atoms with Crippen LogP contribution in [0.1, 0.15) is 12.5 Å². The number of benzene rings is 2.